The summed E-state index contributed by atoms with van der Waals surface area (Å²) in [6.07, 6.45) is 3.07. The van der Waals surface area contributed by atoms with E-state index in [-0.39, 0.29) is 11.8 Å². The Morgan fingerprint density at radius 2 is 1.91 bits per heavy atom. The zero-order valence-corrected chi connectivity index (χ0v) is 15.0. The van der Waals surface area contributed by atoms with Gasteiger partial charge in [-0.25, -0.2) is 8.42 Å². The van der Waals surface area contributed by atoms with Gasteiger partial charge in [0.2, 0.25) is 15.9 Å². The minimum absolute atomic E-state index is 0.100. The van der Waals surface area contributed by atoms with Crippen LogP contribution >= 0.6 is 0 Å². The smallest absolute Gasteiger partial charge is 0.243 e. The van der Waals surface area contributed by atoms with E-state index in [1.807, 2.05) is 19.1 Å². The van der Waals surface area contributed by atoms with Crippen LogP contribution in [0.3, 0.4) is 0 Å². The molecule has 1 aliphatic heterocycles. The van der Waals surface area contributed by atoms with Gasteiger partial charge in [-0.05, 0) is 44.2 Å². The maximum absolute atomic E-state index is 12.7. The third-order valence-electron chi connectivity index (χ3n) is 4.41. The fourth-order valence-corrected chi connectivity index (χ4v) is 4.45. The van der Waals surface area contributed by atoms with Gasteiger partial charge < -0.3 is 4.90 Å². The lowest BCUT2D eigenvalue weighted by Gasteiger charge is -2.32. The zero-order valence-electron chi connectivity index (χ0n) is 14.2. The Bertz CT molecular complexity index is 638. The first kappa shape index (κ1) is 17.9. The van der Waals surface area contributed by atoms with Gasteiger partial charge in [-0.1, -0.05) is 17.7 Å². The van der Waals surface area contributed by atoms with E-state index in [1.165, 1.54) is 0 Å². The minimum Gasteiger partial charge on any atom is -0.349 e. The highest BCUT2D eigenvalue weighted by atomic mass is 32.2. The topological polar surface area (TPSA) is 57.7 Å². The Hall–Kier alpha value is -1.40. The minimum atomic E-state index is -3.43. The number of piperidine rings is 1. The van der Waals surface area contributed by atoms with Crippen LogP contribution in [0.1, 0.15) is 31.2 Å². The Labute approximate surface area is 139 Å². The van der Waals surface area contributed by atoms with E-state index in [0.29, 0.717) is 24.4 Å². The highest BCUT2D eigenvalue weighted by molar-refractivity contribution is 7.89. The van der Waals surface area contributed by atoms with Gasteiger partial charge in [0.15, 0.2) is 0 Å². The number of carbonyl (C=O) groups is 1. The summed E-state index contributed by atoms with van der Waals surface area (Å²) >= 11 is 0. The van der Waals surface area contributed by atoms with Crippen LogP contribution in [0.4, 0.5) is 0 Å². The molecule has 0 N–H and O–H groups in total. The zero-order chi connectivity index (χ0) is 17.0. The molecule has 6 heteroatoms. The third kappa shape index (κ3) is 4.54. The van der Waals surface area contributed by atoms with Crippen LogP contribution in [0.25, 0.3) is 0 Å². The third-order valence-corrected chi connectivity index (χ3v) is 6.29. The van der Waals surface area contributed by atoms with E-state index in [1.54, 1.807) is 35.4 Å². The SMILES string of the molecule is Cc1ccc(S(=O)(=O)N2CCCC(CCC(=O)N(C)C)C2)cc1. The molecule has 0 aliphatic carbocycles. The van der Waals surface area contributed by atoms with Gasteiger partial charge >= 0.3 is 0 Å². The first-order valence-electron chi connectivity index (χ1n) is 8.07. The quantitative estimate of drug-likeness (QED) is 0.827. The lowest BCUT2D eigenvalue weighted by atomic mass is 9.94. The number of rotatable bonds is 5. The van der Waals surface area contributed by atoms with E-state index in [2.05, 4.69) is 0 Å². The van der Waals surface area contributed by atoms with Crippen molar-refractivity contribution in [2.45, 2.75) is 37.5 Å². The van der Waals surface area contributed by atoms with Crippen LogP contribution in [-0.4, -0.2) is 50.7 Å². The van der Waals surface area contributed by atoms with Gasteiger partial charge in [-0.3, -0.25) is 4.79 Å². The molecule has 1 aromatic carbocycles. The van der Waals surface area contributed by atoms with Crippen molar-refractivity contribution in [1.29, 1.82) is 0 Å². The number of amides is 1. The van der Waals surface area contributed by atoms with E-state index in [9.17, 15) is 13.2 Å². The summed E-state index contributed by atoms with van der Waals surface area (Å²) in [6.45, 7) is 3.01. The molecule has 1 heterocycles. The fourth-order valence-electron chi connectivity index (χ4n) is 2.89. The molecule has 0 saturated carbocycles. The highest BCUT2D eigenvalue weighted by Crippen LogP contribution is 2.26. The van der Waals surface area contributed by atoms with Crippen LogP contribution in [0.5, 0.6) is 0 Å². The van der Waals surface area contributed by atoms with E-state index in [4.69, 9.17) is 0 Å². The molecule has 2 rings (SSSR count). The van der Waals surface area contributed by atoms with Crippen molar-refractivity contribution in [1.82, 2.24) is 9.21 Å². The van der Waals surface area contributed by atoms with Gasteiger partial charge in [-0.2, -0.15) is 4.31 Å². The van der Waals surface area contributed by atoms with Crippen LogP contribution in [0, 0.1) is 12.8 Å². The summed E-state index contributed by atoms with van der Waals surface area (Å²) in [5, 5.41) is 0. The normalized spacial score (nSPS) is 19.5. The molecule has 1 aliphatic rings. The van der Waals surface area contributed by atoms with Gasteiger partial charge in [0.05, 0.1) is 4.90 Å². The van der Waals surface area contributed by atoms with E-state index in [0.717, 1.165) is 24.8 Å². The summed E-state index contributed by atoms with van der Waals surface area (Å²) in [6, 6.07) is 6.99. The van der Waals surface area contributed by atoms with Crippen molar-refractivity contribution in [3.63, 3.8) is 0 Å². The predicted molar refractivity (Wildman–Crippen MR) is 90.6 cm³/mol. The summed E-state index contributed by atoms with van der Waals surface area (Å²) < 4.78 is 27.1. The van der Waals surface area contributed by atoms with Gasteiger partial charge in [0.1, 0.15) is 0 Å². The van der Waals surface area contributed by atoms with E-state index >= 15 is 0 Å². The molecule has 5 nitrogen and oxygen atoms in total. The molecular formula is C17H26N2O3S. The largest absolute Gasteiger partial charge is 0.349 e. The Morgan fingerprint density at radius 3 is 2.52 bits per heavy atom. The molecule has 0 radical (unpaired) electrons. The molecular weight excluding hydrogens is 312 g/mol. The standard InChI is InChI=1S/C17H26N2O3S/c1-14-6-9-16(10-7-14)23(21,22)19-12-4-5-15(13-19)8-11-17(20)18(2)3/h6-7,9-10,15H,4-5,8,11-13H2,1-3H3. The molecule has 0 bridgehead atoms. The monoisotopic (exact) mass is 338 g/mol. The second kappa shape index (κ2) is 7.45. The molecule has 1 amide bonds. The maximum Gasteiger partial charge on any atom is 0.243 e. The Morgan fingerprint density at radius 1 is 1.26 bits per heavy atom. The fraction of sp³-hybridized carbons (Fsp3) is 0.588. The lowest BCUT2D eigenvalue weighted by molar-refractivity contribution is -0.129. The molecule has 1 unspecified atom stereocenters. The number of sulfonamides is 1. The van der Waals surface area contributed by atoms with Crippen molar-refractivity contribution in [3.05, 3.63) is 29.8 Å². The predicted octanol–water partition coefficient (Wildman–Crippen LogP) is 2.26. The van der Waals surface area contributed by atoms with E-state index < -0.39 is 10.0 Å². The van der Waals surface area contributed by atoms with Crippen LogP contribution < -0.4 is 0 Å². The Kier molecular flexibility index (Phi) is 5.81. The number of benzene rings is 1. The summed E-state index contributed by atoms with van der Waals surface area (Å²) in [5.41, 5.74) is 1.04. The molecule has 1 aromatic rings. The van der Waals surface area contributed by atoms with Gasteiger partial charge in [-0.15, -0.1) is 0 Å². The summed E-state index contributed by atoms with van der Waals surface area (Å²) in [5.74, 6) is 0.358. The van der Waals surface area contributed by atoms with Crippen LogP contribution in [0.15, 0.2) is 29.2 Å². The van der Waals surface area contributed by atoms with Crippen molar-refractivity contribution in [3.8, 4) is 0 Å². The summed E-state index contributed by atoms with van der Waals surface area (Å²) in [7, 11) is 0.0661. The molecule has 128 valence electrons. The molecule has 23 heavy (non-hydrogen) atoms. The lowest BCUT2D eigenvalue weighted by Crippen LogP contribution is -2.40. The number of hydrogen-bond donors (Lipinski definition) is 0. The van der Waals surface area contributed by atoms with Gasteiger partial charge in [0, 0.05) is 33.6 Å². The molecule has 1 fully saturated rings. The first-order valence-corrected chi connectivity index (χ1v) is 9.51. The number of nitrogens with zero attached hydrogens (tertiary/aromatic N) is 2. The second-order valence-corrected chi connectivity index (χ2v) is 8.45. The number of hydrogen-bond acceptors (Lipinski definition) is 3. The summed E-state index contributed by atoms with van der Waals surface area (Å²) in [4.78, 5) is 13.7. The van der Waals surface area contributed by atoms with Crippen molar-refractivity contribution < 1.29 is 13.2 Å². The van der Waals surface area contributed by atoms with Crippen LogP contribution in [-0.2, 0) is 14.8 Å². The molecule has 0 aromatic heterocycles. The number of carbonyl (C=O) groups excluding carboxylic acids is 1. The average molecular weight is 338 g/mol. The molecule has 1 saturated heterocycles. The Balaban J connectivity index is 2.02. The van der Waals surface area contributed by atoms with Crippen molar-refractivity contribution >= 4 is 15.9 Å². The second-order valence-electron chi connectivity index (χ2n) is 6.51. The average Bonchev–Trinajstić information content (AvgIpc) is 2.53. The van der Waals surface area contributed by atoms with Gasteiger partial charge in [0.25, 0.3) is 0 Å². The molecule has 1 atom stereocenters. The maximum atomic E-state index is 12.7. The van der Waals surface area contributed by atoms with Crippen molar-refractivity contribution in [2.75, 3.05) is 27.2 Å². The number of aryl methyl sites for hydroxylation is 1. The highest BCUT2D eigenvalue weighted by Gasteiger charge is 2.30. The molecule has 0 spiro atoms. The first-order chi connectivity index (χ1) is 10.8. The van der Waals surface area contributed by atoms with Crippen molar-refractivity contribution in [2.24, 2.45) is 5.92 Å². The van der Waals surface area contributed by atoms with Crippen LogP contribution in [0.2, 0.25) is 0 Å².